The lowest BCUT2D eigenvalue weighted by molar-refractivity contribution is -0.645. The molecule has 0 radical (unpaired) electrons. The molecule has 2 rings (SSSR count). The van der Waals surface area contributed by atoms with Gasteiger partial charge < -0.3 is 0 Å². The molecule has 2 aromatic rings. The highest BCUT2D eigenvalue weighted by Gasteiger charge is 2.00. The van der Waals surface area contributed by atoms with Gasteiger partial charge in [0.2, 0.25) is 5.52 Å². The summed E-state index contributed by atoms with van der Waals surface area (Å²) in [5.74, 6) is 0. The highest BCUT2D eigenvalue weighted by molar-refractivity contribution is 5.69. The zero-order valence-electron chi connectivity index (χ0n) is 6.36. The van der Waals surface area contributed by atoms with Crippen molar-refractivity contribution in [1.82, 2.24) is 4.98 Å². The van der Waals surface area contributed by atoms with E-state index in [1.165, 1.54) is 0 Å². The molecular weight excluding hydrogens is 136 g/mol. The van der Waals surface area contributed by atoms with Crippen molar-refractivity contribution in [3.05, 3.63) is 36.7 Å². The molecule has 0 aliphatic carbocycles. The zero-order valence-corrected chi connectivity index (χ0v) is 6.36. The Morgan fingerprint density at radius 3 is 3.00 bits per heavy atom. The number of nitrogens with zero attached hydrogens (tertiary/aromatic N) is 2. The lowest BCUT2D eigenvalue weighted by atomic mass is 10.3. The summed E-state index contributed by atoms with van der Waals surface area (Å²) in [6.45, 7) is 0. The van der Waals surface area contributed by atoms with E-state index in [9.17, 15) is 0 Å². The van der Waals surface area contributed by atoms with Gasteiger partial charge in [-0.2, -0.15) is 4.57 Å². The van der Waals surface area contributed by atoms with Crippen LogP contribution in [0.3, 0.4) is 0 Å². The second-order valence-corrected chi connectivity index (χ2v) is 2.53. The first-order chi connectivity index (χ1) is 5.38. The smallest absolute Gasteiger partial charge is 0.230 e. The maximum Gasteiger partial charge on any atom is 0.230 e. The highest BCUT2D eigenvalue weighted by atomic mass is 14.9. The fraction of sp³-hybridized carbons (Fsp3) is 0.111. The molecule has 0 saturated heterocycles. The number of hydrogen-bond acceptors (Lipinski definition) is 1. The topological polar surface area (TPSA) is 16.8 Å². The van der Waals surface area contributed by atoms with Crippen LogP contribution >= 0.6 is 0 Å². The Morgan fingerprint density at radius 1 is 1.27 bits per heavy atom. The lowest BCUT2D eigenvalue weighted by Gasteiger charge is -1.92. The van der Waals surface area contributed by atoms with Crippen LogP contribution in [0.5, 0.6) is 0 Å². The van der Waals surface area contributed by atoms with Crippen LogP contribution in [0, 0.1) is 0 Å². The van der Waals surface area contributed by atoms with E-state index in [1.54, 1.807) is 0 Å². The zero-order chi connectivity index (χ0) is 7.68. The van der Waals surface area contributed by atoms with Gasteiger partial charge in [0.1, 0.15) is 12.6 Å². The Bertz CT molecular complexity index is 377. The van der Waals surface area contributed by atoms with Crippen molar-refractivity contribution in [1.29, 1.82) is 0 Å². The monoisotopic (exact) mass is 145 g/mol. The van der Waals surface area contributed by atoms with Crippen LogP contribution in [-0.4, -0.2) is 4.98 Å². The molecule has 0 atom stereocenters. The summed E-state index contributed by atoms with van der Waals surface area (Å²) >= 11 is 0. The van der Waals surface area contributed by atoms with Gasteiger partial charge in [-0.25, -0.2) is 4.98 Å². The van der Waals surface area contributed by atoms with Gasteiger partial charge in [0.25, 0.3) is 0 Å². The van der Waals surface area contributed by atoms with E-state index in [-0.39, 0.29) is 0 Å². The summed E-state index contributed by atoms with van der Waals surface area (Å²) in [4.78, 5) is 4.22. The third-order valence-electron chi connectivity index (χ3n) is 1.76. The van der Waals surface area contributed by atoms with Crippen molar-refractivity contribution in [3.8, 4) is 0 Å². The molecule has 2 nitrogen and oxygen atoms in total. The number of fused-ring (bicyclic) bond motifs is 1. The molecule has 2 heterocycles. The van der Waals surface area contributed by atoms with Crippen molar-refractivity contribution in [2.24, 2.45) is 7.05 Å². The van der Waals surface area contributed by atoms with Gasteiger partial charge in [-0.3, -0.25) is 0 Å². The van der Waals surface area contributed by atoms with Crippen molar-refractivity contribution >= 4 is 11.0 Å². The second-order valence-electron chi connectivity index (χ2n) is 2.53. The minimum atomic E-state index is 1.04. The predicted octanol–water partition coefficient (Wildman–Crippen LogP) is 1.06. The first-order valence-corrected chi connectivity index (χ1v) is 3.57. The third-order valence-corrected chi connectivity index (χ3v) is 1.76. The average Bonchev–Trinajstić information content (AvgIpc) is 2.06. The highest BCUT2D eigenvalue weighted by Crippen LogP contribution is 2.02. The summed E-state index contributed by atoms with van der Waals surface area (Å²) in [7, 11) is 2.02. The van der Waals surface area contributed by atoms with Gasteiger partial charge in [-0.05, 0) is 12.1 Å². The second kappa shape index (κ2) is 2.31. The molecule has 0 fully saturated rings. The normalized spacial score (nSPS) is 10.3. The van der Waals surface area contributed by atoms with Crippen LogP contribution in [0.4, 0.5) is 0 Å². The molecule has 0 spiro atoms. The standard InChI is InChI=1S/C9H9N2/c1-11-7-3-4-8-9(11)5-2-6-10-8/h2-7H,1H3/q+1. The molecule has 0 aromatic carbocycles. The third kappa shape index (κ3) is 0.963. The molecule has 0 unspecified atom stereocenters. The summed E-state index contributed by atoms with van der Waals surface area (Å²) in [6, 6.07) is 8.01. The first kappa shape index (κ1) is 6.28. The van der Waals surface area contributed by atoms with E-state index in [1.807, 2.05) is 37.6 Å². The molecule has 0 bridgehead atoms. The summed E-state index contributed by atoms with van der Waals surface area (Å²) in [5.41, 5.74) is 2.20. The number of hydrogen-bond donors (Lipinski definition) is 0. The van der Waals surface area contributed by atoms with Crippen molar-refractivity contribution in [2.75, 3.05) is 0 Å². The Morgan fingerprint density at radius 2 is 2.18 bits per heavy atom. The fourth-order valence-electron chi connectivity index (χ4n) is 1.18. The van der Waals surface area contributed by atoms with Crippen LogP contribution in [-0.2, 0) is 7.05 Å². The summed E-state index contributed by atoms with van der Waals surface area (Å²) < 4.78 is 2.06. The molecule has 0 aliphatic heterocycles. The van der Waals surface area contributed by atoms with E-state index >= 15 is 0 Å². The summed E-state index contributed by atoms with van der Waals surface area (Å²) in [6.07, 6.45) is 3.83. The van der Waals surface area contributed by atoms with Crippen LogP contribution in [0.2, 0.25) is 0 Å². The molecule has 0 N–H and O–H groups in total. The van der Waals surface area contributed by atoms with Gasteiger partial charge in [0.05, 0.1) is 0 Å². The van der Waals surface area contributed by atoms with Crippen LogP contribution in [0.25, 0.3) is 11.0 Å². The van der Waals surface area contributed by atoms with Gasteiger partial charge in [0, 0.05) is 18.3 Å². The maximum atomic E-state index is 4.22. The lowest BCUT2D eigenvalue weighted by Crippen LogP contribution is -2.27. The van der Waals surface area contributed by atoms with E-state index in [4.69, 9.17) is 0 Å². The largest absolute Gasteiger partial charge is 0.250 e. The number of rotatable bonds is 0. The van der Waals surface area contributed by atoms with E-state index < -0.39 is 0 Å². The Kier molecular flexibility index (Phi) is 1.32. The molecule has 2 heteroatoms. The van der Waals surface area contributed by atoms with Gasteiger partial charge in [-0.15, -0.1) is 0 Å². The predicted molar refractivity (Wildman–Crippen MR) is 42.9 cm³/mol. The number of pyridine rings is 2. The minimum Gasteiger partial charge on any atom is -0.250 e. The molecule has 11 heavy (non-hydrogen) atoms. The van der Waals surface area contributed by atoms with Crippen molar-refractivity contribution in [3.63, 3.8) is 0 Å². The first-order valence-electron chi connectivity index (χ1n) is 3.57. The molecule has 54 valence electrons. The average molecular weight is 145 g/mol. The quantitative estimate of drug-likeness (QED) is 0.506. The van der Waals surface area contributed by atoms with Gasteiger partial charge >= 0.3 is 0 Å². The Labute approximate surface area is 65.1 Å². The molecular formula is C9H9N2+. The minimum absolute atomic E-state index is 1.04. The summed E-state index contributed by atoms with van der Waals surface area (Å²) in [5, 5.41) is 0. The van der Waals surface area contributed by atoms with E-state index in [0.717, 1.165) is 11.0 Å². The molecule has 2 aromatic heterocycles. The number of aryl methyl sites for hydroxylation is 1. The van der Waals surface area contributed by atoms with Gasteiger partial charge in [0.15, 0.2) is 6.20 Å². The number of aromatic nitrogens is 2. The van der Waals surface area contributed by atoms with E-state index in [0.29, 0.717) is 0 Å². The Hall–Kier alpha value is -1.44. The van der Waals surface area contributed by atoms with Crippen LogP contribution < -0.4 is 4.57 Å². The maximum absolute atomic E-state index is 4.22. The van der Waals surface area contributed by atoms with E-state index in [2.05, 4.69) is 15.6 Å². The molecule has 0 saturated carbocycles. The van der Waals surface area contributed by atoms with Gasteiger partial charge in [-0.1, -0.05) is 0 Å². The fourth-order valence-corrected chi connectivity index (χ4v) is 1.18. The Balaban J connectivity index is 2.91. The van der Waals surface area contributed by atoms with Crippen molar-refractivity contribution < 1.29 is 4.57 Å². The van der Waals surface area contributed by atoms with Crippen LogP contribution in [0.15, 0.2) is 36.7 Å². The van der Waals surface area contributed by atoms with Crippen LogP contribution in [0.1, 0.15) is 0 Å². The molecule has 0 aliphatic rings. The SMILES string of the molecule is C[n+]1cccc2ncccc21. The van der Waals surface area contributed by atoms with Crippen molar-refractivity contribution in [2.45, 2.75) is 0 Å². The molecule has 0 amide bonds.